The van der Waals surface area contributed by atoms with E-state index in [1.807, 2.05) is 12.1 Å². The predicted octanol–water partition coefficient (Wildman–Crippen LogP) is 1.27. The molecule has 0 amide bonds. The molecule has 0 saturated carbocycles. The van der Waals surface area contributed by atoms with E-state index in [1.54, 1.807) is 13.3 Å². The molecule has 1 aromatic rings. The van der Waals surface area contributed by atoms with Crippen molar-refractivity contribution in [3.63, 3.8) is 0 Å². The van der Waals surface area contributed by atoms with Crippen LogP contribution in [-0.2, 0) is 4.74 Å². The minimum absolute atomic E-state index is 0.402. The summed E-state index contributed by atoms with van der Waals surface area (Å²) in [5.74, 6) is 1.54. The predicted molar refractivity (Wildman–Crippen MR) is 71.1 cm³/mol. The van der Waals surface area contributed by atoms with E-state index in [4.69, 9.17) is 9.47 Å². The highest BCUT2D eigenvalue weighted by Crippen LogP contribution is 2.19. The Hall–Kier alpha value is -1.33. The lowest BCUT2D eigenvalue weighted by Crippen LogP contribution is -2.33. The molecular formula is C13H21N3O2. The third kappa shape index (κ3) is 3.85. The van der Waals surface area contributed by atoms with Crippen molar-refractivity contribution >= 4 is 5.82 Å². The van der Waals surface area contributed by atoms with Gasteiger partial charge in [-0.3, -0.25) is 0 Å². The van der Waals surface area contributed by atoms with Gasteiger partial charge in [-0.05, 0) is 38.1 Å². The Balaban J connectivity index is 1.68. The molecule has 1 saturated heterocycles. The Labute approximate surface area is 108 Å². The second-order valence-corrected chi connectivity index (χ2v) is 4.30. The van der Waals surface area contributed by atoms with Gasteiger partial charge in [0.15, 0.2) is 11.6 Å². The van der Waals surface area contributed by atoms with Crippen LogP contribution in [0.5, 0.6) is 5.75 Å². The Kier molecular flexibility index (Phi) is 5.23. The van der Waals surface area contributed by atoms with Crippen molar-refractivity contribution in [2.24, 2.45) is 0 Å². The van der Waals surface area contributed by atoms with Crippen molar-refractivity contribution in [1.29, 1.82) is 0 Å². The van der Waals surface area contributed by atoms with Crippen LogP contribution in [0, 0.1) is 0 Å². The molecule has 0 aromatic carbocycles. The van der Waals surface area contributed by atoms with Crippen molar-refractivity contribution in [3.05, 3.63) is 18.3 Å². The molecule has 1 aromatic heterocycles. The zero-order valence-corrected chi connectivity index (χ0v) is 10.8. The van der Waals surface area contributed by atoms with Gasteiger partial charge in [-0.25, -0.2) is 4.98 Å². The van der Waals surface area contributed by atoms with Gasteiger partial charge in [0.25, 0.3) is 0 Å². The fourth-order valence-corrected chi connectivity index (χ4v) is 2.05. The number of hydrogen-bond donors (Lipinski definition) is 2. The van der Waals surface area contributed by atoms with E-state index < -0.39 is 0 Å². The van der Waals surface area contributed by atoms with Crippen LogP contribution in [0.15, 0.2) is 18.3 Å². The number of rotatable bonds is 6. The van der Waals surface area contributed by atoms with Crippen molar-refractivity contribution in [2.45, 2.75) is 18.9 Å². The van der Waals surface area contributed by atoms with Crippen LogP contribution in [0.2, 0.25) is 0 Å². The minimum Gasteiger partial charge on any atom is -0.493 e. The fraction of sp³-hybridized carbons (Fsp3) is 0.615. The van der Waals surface area contributed by atoms with Gasteiger partial charge in [0, 0.05) is 12.7 Å². The maximum absolute atomic E-state index is 5.81. The third-order valence-electron chi connectivity index (χ3n) is 3.02. The summed E-state index contributed by atoms with van der Waals surface area (Å²) in [5, 5.41) is 6.55. The number of nitrogens with zero attached hydrogens (tertiary/aromatic N) is 1. The van der Waals surface area contributed by atoms with Crippen molar-refractivity contribution in [1.82, 2.24) is 10.3 Å². The van der Waals surface area contributed by atoms with E-state index in [2.05, 4.69) is 15.6 Å². The van der Waals surface area contributed by atoms with Gasteiger partial charge < -0.3 is 20.1 Å². The highest BCUT2D eigenvalue weighted by atomic mass is 16.5. The van der Waals surface area contributed by atoms with Crippen LogP contribution in [0.3, 0.4) is 0 Å². The average molecular weight is 251 g/mol. The molecule has 0 bridgehead atoms. The maximum atomic E-state index is 5.81. The molecule has 2 heterocycles. The highest BCUT2D eigenvalue weighted by Gasteiger charge is 2.12. The monoisotopic (exact) mass is 251 g/mol. The molecule has 0 spiro atoms. The molecule has 1 fully saturated rings. The van der Waals surface area contributed by atoms with Gasteiger partial charge in [-0.1, -0.05) is 0 Å². The SMILES string of the molecule is COc1cccnc1NCCOC1CCNCC1. The van der Waals surface area contributed by atoms with Gasteiger partial charge in [0.1, 0.15) is 0 Å². The molecule has 0 radical (unpaired) electrons. The number of anilines is 1. The van der Waals surface area contributed by atoms with Gasteiger partial charge in [-0.2, -0.15) is 0 Å². The smallest absolute Gasteiger partial charge is 0.168 e. The first-order valence-electron chi connectivity index (χ1n) is 6.45. The van der Waals surface area contributed by atoms with Gasteiger partial charge in [0.05, 0.1) is 19.8 Å². The normalized spacial score (nSPS) is 16.5. The van der Waals surface area contributed by atoms with Crippen molar-refractivity contribution in [3.8, 4) is 5.75 Å². The molecular weight excluding hydrogens is 230 g/mol. The summed E-state index contributed by atoms with van der Waals surface area (Å²) in [6, 6.07) is 3.75. The lowest BCUT2D eigenvalue weighted by molar-refractivity contribution is 0.0394. The Morgan fingerprint density at radius 3 is 3.06 bits per heavy atom. The summed E-state index contributed by atoms with van der Waals surface area (Å²) in [6.45, 7) is 3.57. The largest absolute Gasteiger partial charge is 0.493 e. The number of piperidine rings is 1. The van der Waals surface area contributed by atoms with E-state index in [0.717, 1.165) is 44.0 Å². The second-order valence-electron chi connectivity index (χ2n) is 4.30. The topological polar surface area (TPSA) is 55.4 Å². The number of nitrogens with one attached hydrogen (secondary N) is 2. The van der Waals surface area contributed by atoms with Gasteiger partial charge in [0.2, 0.25) is 0 Å². The number of ether oxygens (including phenoxy) is 2. The molecule has 1 aliphatic heterocycles. The molecule has 5 nitrogen and oxygen atoms in total. The molecule has 5 heteroatoms. The Morgan fingerprint density at radius 2 is 2.28 bits per heavy atom. The lowest BCUT2D eigenvalue weighted by Gasteiger charge is -2.23. The van der Waals surface area contributed by atoms with E-state index in [9.17, 15) is 0 Å². The number of methoxy groups -OCH3 is 1. The van der Waals surface area contributed by atoms with Crippen LogP contribution >= 0.6 is 0 Å². The first-order chi connectivity index (χ1) is 8.90. The Bertz CT molecular complexity index is 354. The van der Waals surface area contributed by atoms with Crippen LogP contribution < -0.4 is 15.4 Å². The van der Waals surface area contributed by atoms with Crippen LogP contribution in [-0.4, -0.2) is 44.4 Å². The van der Waals surface area contributed by atoms with Crippen LogP contribution in [0.4, 0.5) is 5.82 Å². The average Bonchev–Trinajstić information content (AvgIpc) is 2.45. The van der Waals surface area contributed by atoms with Crippen molar-refractivity contribution < 1.29 is 9.47 Å². The number of hydrogen-bond acceptors (Lipinski definition) is 5. The minimum atomic E-state index is 0.402. The van der Waals surface area contributed by atoms with Gasteiger partial charge in [-0.15, -0.1) is 0 Å². The number of pyridine rings is 1. The molecule has 0 atom stereocenters. The standard InChI is InChI=1S/C13H21N3O2/c1-17-12-3-2-6-15-13(12)16-9-10-18-11-4-7-14-8-5-11/h2-3,6,11,14H,4-5,7-10H2,1H3,(H,15,16). The summed E-state index contributed by atoms with van der Waals surface area (Å²) in [5.41, 5.74) is 0. The fourth-order valence-electron chi connectivity index (χ4n) is 2.05. The zero-order chi connectivity index (χ0) is 12.6. The molecule has 0 unspecified atom stereocenters. The van der Waals surface area contributed by atoms with Crippen molar-refractivity contribution in [2.75, 3.05) is 38.7 Å². The molecule has 100 valence electrons. The van der Waals surface area contributed by atoms with E-state index >= 15 is 0 Å². The second kappa shape index (κ2) is 7.18. The summed E-state index contributed by atoms with van der Waals surface area (Å²) >= 11 is 0. The Morgan fingerprint density at radius 1 is 1.44 bits per heavy atom. The highest BCUT2D eigenvalue weighted by molar-refractivity contribution is 5.49. The summed E-state index contributed by atoms with van der Waals surface area (Å²) in [7, 11) is 1.65. The maximum Gasteiger partial charge on any atom is 0.168 e. The quantitative estimate of drug-likeness (QED) is 0.746. The summed E-state index contributed by atoms with van der Waals surface area (Å²) < 4.78 is 11.0. The molecule has 1 aliphatic rings. The van der Waals surface area contributed by atoms with Gasteiger partial charge >= 0.3 is 0 Å². The van der Waals surface area contributed by atoms with E-state index in [0.29, 0.717) is 12.7 Å². The molecule has 0 aliphatic carbocycles. The zero-order valence-electron chi connectivity index (χ0n) is 10.8. The van der Waals surface area contributed by atoms with Crippen LogP contribution in [0.25, 0.3) is 0 Å². The van der Waals surface area contributed by atoms with E-state index in [1.165, 1.54) is 0 Å². The molecule has 2 rings (SSSR count). The van der Waals surface area contributed by atoms with E-state index in [-0.39, 0.29) is 0 Å². The number of aromatic nitrogens is 1. The first kappa shape index (κ1) is 13.1. The lowest BCUT2D eigenvalue weighted by atomic mass is 10.1. The molecule has 18 heavy (non-hydrogen) atoms. The summed E-state index contributed by atoms with van der Waals surface area (Å²) in [6.07, 6.45) is 4.36. The molecule has 2 N–H and O–H groups in total. The third-order valence-corrected chi connectivity index (χ3v) is 3.02. The first-order valence-corrected chi connectivity index (χ1v) is 6.45. The summed E-state index contributed by atoms with van der Waals surface area (Å²) in [4.78, 5) is 4.23. The van der Waals surface area contributed by atoms with Crippen LogP contribution in [0.1, 0.15) is 12.8 Å².